The molecule has 0 heterocycles. The summed E-state index contributed by atoms with van der Waals surface area (Å²) in [5, 5.41) is 22.7. The first kappa shape index (κ1) is 16.7. The van der Waals surface area contributed by atoms with Gasteiger partial charge in [-0.3, -0.25) is 0 Å². The van der Waals surface area contributed by atoms with E-state index in [1.165, 1.54) is 6.92 Å². The third-order valence-electron chi connectivity index (χ3n) is 2.35. The maximum atomic E-state index is 11.4. The molecule has 0 spiro atoms. The standard InChI is InChI=1S/C11H23N3O4/c1-8(15)9(10(16)17)13-11(18)12-6-4-5-7-14(2)3/h8-9,15H,4-7H2,1-3H3,(H,16,17)(H2,12,13,18)/t8-,9+/m1/s1. The number of nitrogens with zero attached hydrogens (tertiary/aromatic N) is 1. The molecule has 0 radical (unpaired) electrons. The van der Waals surface area contributed by atoms with Crippen molar-refractivity contribution in [1.29, 1.82) is 0 Å². The van der Waals surface area contributed by atoms with Gasteiger partial charge in [0.05, 0.1) is 6.10 Å². The quantitative estimate of drug-likeness (QED) is 0.440. The molecule has 0 bridgehead atoms. The van der Waals surface area contributed by atoms with Crippen molar-refractivity contribution < 1.29 is 19.8 Å². The summed E-state index contributed by atoms with van der Waals surface area (Å²) in [5.74, 6) is -1.26. The van der Waals surface area contributed by atoms with Crippen LogP contribution in [-0.4, -0.2) is 66.4 Å². The Bertz CT molecular complexity index is 269. The van der Waals surface area contributed by atoms with Crippen molar-refractivity contribution in [2.75, 3.05) is 27.2 Å². The molecule has 0 fully saturated rings. The summed E-state index contributed by atoms with van der Waals surface area (Å²) in [7, 11) is 3.94. The van der Waals surface area contributed by atoms with Crippen LogP contribution < -0.4 is 10.6 Å². The van der Waals surface area contributed by atoms with E-state index in [1.807, 2.05) is 19.0 Å². The fourth-order valence-electron chi connectivity index (χ4n) is 1.34. The van der Waals surface area contributed by atoms with Crippen molar-refractivity contribution in [2.24, 2.45) is 0 Å². The Morgan fingerprint density at radius 3 is 2.33 bits per heavy atom. The van der Waals surface area contributed by atoms with Crippen LogP contribution in [0.4, 0.5) is 4.79 Å². The monoisotopic (exact) mass is 261 g/mol. The van der Waals surface area contributed by atoms with E-state index in [4.69, 9.17) is 5.11 Å². The Labute approximate surface area is 107 Å². The highest BCUT2D eigenvalue weighted by Crippen LogP contribution is 1.93. The first-order chi connectivity index (χ1) is 8.34. The van der Waals surface area contributed by atoms with Crippen molar-refractivity contribution in [1.82, 2.24) is 15.5 Å². The molecule has 106 valence electrons. The summed E-state index contributed by atoms with van der Waals surface area (Å²) in [6, 6.07) is -1.86. The van der Waals surface area contributed by atoms with Gasteiger partial charge in [-0.15, -0.1) is 0 Å². The number of aliphatic hydroxyl groups is 1. The van der Waals surface area contributed by atoms with Gasteiger partial charge in [0.2, 0.25) is 0 Å². The molecule has 0 aliphatic carbocycles. The van der Waals surface area contributed by atoms with E-state index in [9.17, 15) is 14.7 Å². The number of aliphatic carboxylic acids is 1. The van der Waals surface area contributed by atoms with Crippen LogP contribution in [0, 0.1) is 0 Å². The lowest BCUT2D eigenvalue weighted by molar-refractivity contribution is -0.141. The highest BCUT2D eigenvalue weighted by atomic mass is 16.4. The SMILES string of the molecule is C[C@@H](O)[C@H](NC(=O)NCCCCN(C)C)C(=O)O. The highest BCUT2D eigenvalue weighted by molar-refractivity contribution is 5.82. The summed E-state index contributed by atoms with van der Waals surface area (Å²) in [6.07, 6.45) is 0.631. The average molecular weight is 261 g/mol. The van der Waals surface area contributed by atoms with E-state index in [1.54, 1.807) is 0 Å². The van der Waals surface area contributed by atoms with Gasteiger partial charge in [0.25, 0.3) is 0 Å². The summed E-state index contributed by atoms with van der Waals surface area (Å²) in [5.41, 5.74) is 0. The Balaban J connectivity index is 3.79. The molecule has 0 saturated carbocycles. The molecule has 2 atom stereocenters. The minimum atomic E-state index is -1.29. The smallest absolute Gasteiger partial charge is 0.328 e. The van der Waals surface area contributed by atoms with Crippen molar-refractivity contribution in [3.8, 4) is 0 Å². The van der Waals surface area contributed by atoms with E-state index in [-0.39, 0.29) is 0 Å². The third kappa shape index (κ3) is 7.86. The number of nitrogens with one attached hydrogen (secondary N) is 2. The first-order valence-electron chi connectivity index (χ1n) is 5.94. The van der Waals surface area contributed by atoms with Crippen molar-refractivity contribution in [2.45, 2.75) is 31.9 Å². The van der Waals surface area contributed by atoms with Gasteiger partial charge in [-0.25, -0.2) is 9.59 Å². The topological polar surface area (TPSA) is 102 Å². The lowest BCUT2D eigenvalue weighted by atomic mass is 10.2. The minimum absolute atomic E-state index is 0.478. The van der Waals surface area contributed by atoms with Crippen LogP contribution in [0.25, 0.3) is 0 Å². The Morgan fingerprint density at radius 2 is 1.89 bits per heavy atom. The van der Waals surface area contributed by atoms with Crippen molar-refractivity contribution in [3.05, 3.63) is 0 Å². The number of unbranched alkanes of at least 4 members (excludes halogenated alkanes) is 1. The first-order valence-corrected chi connectivity index (χ1v) is 5.94. The van der Waals surface area contributed by atoms with Gasteiger partial charge in [-0.1, -0.05) is 0 Å². The summed E-state index contributed by atoms with van der Waals surface area (Å²) in [6.45, 7) is 2.73. The molecule has 0 unspecified atom stereocenters. The molecule has 4 N–H and O–H groups in total. The van der Waals surface area contributed by atoms with E-state index in [2.05, 4.69) is 10.6 Å². The second-order valence-electron chi connectivity index (χ2n) is 4.47. The molecule has 2 amide bonds. The predicted octanol–water partition coefficient (Wildman–Crippen LogP) is -0.539. The Hall–Kier alpha value is -1.34. The number of urea groups is 1. The maximum Gasteiger partial charge on any atom is 0.328 e. The van der Waals surface area contributed by atoms with Gasteiger partial charge in [0.1, 0.15) is 0 Å². The van der Waals surface area contributed by atoms with Gasteiger partial charge < -0.3 is 25.7 Å². The third-order valence-corrected chi connectivity index (χ3v) is 2.35. The summed E-state index contributed by atoms with van der Waals surface area (Å²) >= 11 is 0. The number of amides is 2. The number of hydrogen-bond donors (Lipinski definition) is 4. The number of aliphatic hydroxyl groups excluding tert-OH is 1. The summed E-state index contributed by atoms with van der Waals surface area (Å²) in [4.78, 5) is 24.1. The fraction of sp³-hybridized carbons (Fsp3) is 0.818. The van der Waals surface area contributed by atoms with Gasteiger partial charge in [-0.2, -0.15) is 0 Å². The number of carboxylic acids is 1. The molecule has 7 heteroatoms. The van der Waals surface area contributed by atoms with Crippen LogP contribution in [0.1, 0.15) is 19.8 Å². The van der Waals surface area contributed by atoms with Crippen LogP contribution in [0.15, 0.2) is 0 Å². The zero-order valence-corrected chi connectivity index (χ0v) is 11.1. The predicted molar refractivity (Wildman–Crippen MR) is 67.4 cm³/mol. The van der Waals surface area contributed by atoms with Crippen LogP contribution in [0.5, 0.6) is 0 Å². The molecular formula is C11H23N3O4. The molecule has 0 saturated heterocycles. The number of hydrogen-bond acceptors (Lipinski definition) is 4. The van der Waals surface area contributed by atoms with E-state index in [0.717, 1.165) is 19.4 Å². The van der Waals surface area contributed by atoms with Gasteiger partial charge in [0.15, 0.2) is 6.04 Å². The van der Waals surface area contributed by atoms with Crippen LogP contribution >= 0.6 is 0 Å². The van der Waals surface area contributed by atoms with E-state index >= 15 is 0 Å². The zero-order chi connectivity index (χ0) is 14.1. The number of carbonyl (C=O) groups is 2. The van der Waals surface area contributed by atoms with Crippen molar-refractivity contribution >= 4 is 12.0 Å². The Kier molecular flexibility index (Phi) is 8.06. The fourth-order valence-corrected chi connectivity index (χ4v) is 1.34. The minimum Gasteiger partial charge on any atom is -0.480 e. The second-order valence-corrected chi connectivity index (χ2v) is 4.47. The highest BCUT2D eigenvalue weighted by Gasteiger charge is 2.24. The van der Waals surface area contributed by atoms with E-state index in [0.29, 0.717) is 6.54 Å². The van der Waals surface area contributed by atoms with Crippen LogP contribution in [0.3, 0.4) is 0 Å². The van der Waals surface area contributed by atoms with Crippen molar-refractivity contribution in [3.63, 3.8) is 0 Å². The molecular weight excluding hydrogens is 238 g/mol. The molecule has 7 nitrogen and oxygen atoms in total. The molecule has 0 aromatic carbocycles. The second kappa shape index (κ2) is 8.71. The van der Waals surface area contributed by atoms with Gasteiger partial charge in [0, 0.05) is 6.54 Å². The average Bonchev–Trinajstić information content (AvgIpc) is 2.24. The maximum absolute atomic E-state index is 11.4. The largest absolute Gasteiger partial charge is 0.480 e. The molecule has 0 aromatic rings. The Morgan fingerprint density at radius 1 is 1.28 bits per heavy atom. The summed E-state index contributed by atoms with van der Waals surface area (Å²) < 4.78 is 0. The zero-order valence-electron chi connectivity index (χ0n) is 11.1. The lowest BCUT2D eigenvalue weighted by Gasteiger charge is -2.17. The van der Waals surface area contributed by atoms with Gasteiger partial charge >= 0.3 is 12.0 Å². The number of carbonyl (C=O) groups excluding carboxylic acids is 1. The number of rotatable bonds is 8. The van der Waals surface area contributed by atoms with Crippen LogP contribution in [-0.2, 0) is 4.79 Å². The molecule has 0 aromatic heterocycles. The normalized spacial score (nSPS) is 14.1. The lowest BCUT2D eigenvalue weighted by Crippen LogP contribution is -2.51. The van der Waals surface area contributed by atoms with Gasteiger partial charge in [-0.05, 0) is 40.4 Å². The molecule has 0 aliphatic rings. The number of carboxylic acid groups (broad SMARTS) is 1. The molecule has 0 rings (SSSR count). The van der Waals surface area contributed by atoms with E-state index < -0.39 is 24.1 Å². The molecule has 0 aliphatic heterocycles. The van der Waals surface area contributed by atoms with Crippen LogP contribution in [0.2, 0.25) is 0 Å². The molecule has 18 heavy (non-hydrogen) atoms.